The van der Waals surface area contributed by atoms with E-state index in [2.05, 4.69) is 0 Å². The summed E-state index contributed by atoms with van der Waals surface area (Å²) in [6.07, 6.45) is 0. The standard InChI is InChI=1S/C11F19N/c12-1-2(13,5(17,18)7(21,22)4(1,15)16)9(25,26)31-10(27,28)3(1,14)6(19,20)8(23,24)11(31,29)30. The average molecular weight is 507 g/mol. The van der Waals surface area contributed by atoms with Gasteiger partial charge in [-0.25, -0.2) is 13.2 Å². The average Bonchev–Trinajstić information content (AvgIpc) is 2.60. The molecule has 4 unspecified atom stereocenters. The molecule has 0 aromatic heterocycles. The van der Waals surface area contributed by atoms with Crippen LogP contribution < -0.4 is 0 Å². The molecule has 0 radical (unpaired) electrons. The van der Waals surface area contributed by atoms with Crippen molar-refractivity contribution in [3.05, 3.63) is 0 Å². The highest BCUT2D eigenvalue weighted by Crippen LogP contribution is 2.84. The first-order valence-electron chi connectivity index (χ1n) is 7.01. The van der Waals surface area contributed by atoms with Gasteiger partial charge in [0.25, 0.3) is 5.67 Å². The second-order valence-corrected chi connectivity index (χ2v) is 6.81. The van der Waals surface area contributed by atoms with Crippen LogP contribution in [0.15, 0.2) is 0 Å². The van der Waals surface area contributed by atoms with Crippen LogP contribution in [0.4, 0.5) is 83.4 Å². The topological polar surface area (TPSA) is 3.24 Å². The molecule has 3 rings (SSSR count). The SMILES string of the molecule is FC1(F)N2C(F)(F)C(F)(C(F)(F)C1(F)F)C1(F)C(F)(F)C(F)(F)C(F)(F)C1(F)C2(F)F. The molecular weight excluding hydrogens is 507 g/mol. The van der Waals surface area contributed by atoms with Crippen molar-refractivity contribution in [1.82, 2.24) is 4.90 Å². The summed E-state index contributed by atoms with van der Waals surface area (Å²) in [4.78, 5) is -4.35. The first kappa shape index (κ1) is 24.3. The van der Waals surface area contributed by atoms with E-state index in [0.29, 0.717) is 0 Å². The van der Waals surface area contributed by atoms with E-state index >= 15 is 0 Å². The Bertz CT molecular complexity index is 846. The third-order valence-electron chi connectivity index (χ3n) is 5.48. The summed E-state index contributed by atoms with van der Waals surface area (Å²) in [6.45, 7) is 0. The van der Waals surface area contributed by atoms with E-state index in [-0.39, 0.29) is 0 Å². The fourth-order valence-corrected chi connectivity index (χ4v) is 3.91. The summed E-state index contributed by atoms with van der Waals surface area (Å²) < 4.78 is 263. The van der Waals surface area contributed by atoms with Crippen molar-refractivity contribution in [2.24, 2.45) is 0 Å². The molecule has 1 aliphatic carbocycles. The quantitative estimate of drug-likeness (QED) is 0.314. The van der Waals surface area contributed by atoms with Gasteiger partial charge in [0.05, 0.1) is 0 Å². The van der Waals surface area contributed by atoms with Crippen molar-refractivity contribution in [2.45, 2.75) is 64.8 Å². The predicted molar refractivity (Wildman–Crippen MR) is 52.9 cm³/mol. The summed E-state index contributed by atoms with van der Waals surface area (Å²) >= 11 is 0. The Morgan fingerprint density at radius 2 is 0.516 bits per heavy atom. The molecule has 0 spiro atoms. The normalized spacial score (nSPS) is 48.7. The van der Waals surface area contributed by atoms with E-state index in [9.17, 15) is 83.4 Å². The van der Waals surface area contributed by atoms with Gasteiger partial charge in [-0.1, -0.05) is 0 Å². The lowest BCUT2D eigenvalue weighted by Gasteiger charge is -2.65. The van der Waals surface area contributed by atoms with Crippen molar-refractivity contribution >= 4 is 0 Å². The van der Waals surface area contributed by atoms with E-state index in [0.717, 1.165) is 0 Å². The lowest BCUT2D eigenvalue weighted by molar-refractivity contribution is -0.579. The van der Waals surface area contributed by atoms with Gasteiger partial charge in [0, 0.05) is 0 Å². The van der Waals surface area contributed by atoms with Crippen molar-refractivity contribution in [2.75, 3.05) is 0 Å². The zero-order chi connectivity index (χ0) is 25.1. The molecule has 0 aromatic rings. The zero-order valence-corrected chi connectivity index (χ0v) is 13.1. The number of hydrogen-bond acceptors (Lipinski definition) is 1. The molecule has 1 nitrogen and oxygen atoms in total. The van der Waals surface area contributed by atoms with Crippen LogP contribution in [-0.4, -0.2) is 69.7 Å². The minimum atomic E-state index is -8.62. The number of rotatable bonds is 0. The Morgan fingerprint density at radius 1 is 0.258 bits per heavy atom. The first-order chi connectivity index (χ1) is 13.1. The van der Waals surface area contributed by atoms with Crippen LogP contribution in [0.3, 0.4) is 0 Å². The Morgan fingerprint density at radius 3 is 0.839 bits per heavy atom. The maximum atomic E-state index is 14.7. The second kappa shape index (κ2) is 4.78. The second-order valence-electron chi connectivity index (χ2n) is 6.81. The van der Waals surface area contributed by atoms with Gasteiger partial charge in [0.1, 0.15) is 0 Å². The molecule has 1 saturated carbocycles. The molecule has 182 valence electrons. The molecule has 3 fully saturated rings. The maximum absolute atomic E-state index is 14.7. The number of nitrogens with zero attached hydrogens (tertiary/aromatic N) is 1. The largest absolute Gasteiger partial charge is 0.390 e. The Balaban J connectivity index is 2.71. The molecule has 2 bridgehead atoms. The van der Waals surface area contributed by atoms with Crippen LogP contribution in [0.1, 0.15) is 0 Å². The molecule has 4 atom stereocenters. The third kappa shape index (κ3) is 1.52. The van der Waals surface area contributed by atoms with Crippen LogP contribution >= 0.6 is 0 Å². The van der Waals surface area contributed by atoms with E-state index in [4.69, 9.17) is 0 Å². The van der Waals surface area contributed by atoms with E-state index in [1.807, 2.05) is 0 Å². The predicted octanol–water partition coefficient (Wildman–Crippen LogP) is 5.41. The summed E-state index contributed by atoms with van der Waals surface area (Å²) in [5, 5.41) is 0. The summed E-state index contributed by atoms with van der Waals surface area (Å²) in [5.41, 5.74) is -25.5. The molecule has 31 heavy (non-hydrogen) atoms. The van der Waals surface area contributed by atoms with Crippen molar-refractivity contribution in [1.29, 1.82) is 0 Å². The maximum Gasteiger partial charge on any atom is 0.390 e. The fraction of sp³-hybridized carbons (Fsp3) is 1.00. The van der Waals surface area contributed by atoms with Crippen LogP contribution in [0.2, 0.25) is 0 Å². The van der Waals surface area contributed by atoms with Gasteiger partial charge in [0.15, 0.2) is 0 Å². The van der Waals surface area contributed by atoms with Crippen LogP contribution in [-0.2, 0) is 0 Å². The highest BCUT2D eigenvalue weighted by molar-refractivity contribution is 5.46. The molecule has 2 heterocycles. The van der Waals surface area contributed by atoms with Crippen LogP contribution in [0.5, 0.6) is 0 Å². The smallest absolute Gasteiger partial charge is 0.228 e. The lowest BCUT2D eigenvalue weighted by atomic mass is 9.61. The van der Waals surface area contributed by atoms with Gasteiger partial charge in [-0.3, -0.25) is 0 Å². The van der Waals surface area contributed by atoms with Gasteiger partial charge in [-0.2, -0.15) is 70.2 Å². The van der Waals surface area contributed by atoms with Gasteiger partial charge >= 0.3 is 59.1 Å². The molecule has 0 N–H and O–H groups in total. The molecule has 2 saturated heterocycles. The van der Waals surface area contributed by atoms with E-state index in [1.54, 1.807) is 0 Å². The highest BCUT2D eigenvalue weighted by Gasteiger charge is 3.18. The minimum absolute atomic E-state index is 4.35. The molecule has 3 aliphatic rings. The Hall–Kier alpha value is -1.37. The fourth-order valence-electron chi connectivity index (χ4n) is 3.91. The van der Waals surface area contributed by atoms with Crippen LogP contribution in [0, 0.1) is 0 Å². The number of piperidine rings is 2. The van der Waals surface area contributed by atoms with E-state index < -0.39 is 69.7 Å². The van der Waals surface area contributed by atoms with Gasteiger partial charge in [-0.05, 0) is 0 Å². The molecule has 0 aromatic carbocycles. The Labute approximate surface area is 154 Å². The summed E-state index contributed by atoms with van der Waals surface area (Å²) in [7, 11) is 0. The molecule has 0 amide bonds. The molecule has 20 heteroatoms. The highest BCUT2D eigenvalue weighted by atomic mass is 19.4. The van der Waals surface area contributed by atoms with Crippen molar-refractivity contribution < 1.29 is 83.4 Å². The number of halogens is 19. The van der Waals surface area contributed by atoms with Gasteiger partial charge in [0.2, 0.25) is 0 Å². The van der Waals surface area contributed by atoms with Crippen LogP contribution in [0.25, 0.3) is 0 Å². The minimum Gasteiger partial charge on any atom is -0.228 e. The summed E-state index contributed by atoms with van der Waals surface area (Å²) in [5.74, 6) is -41.2. The summed E-state index contributed by atoms with van der Waals surface area (Å²) in [6, 6.07) is -24.4. The van der Waals surface area contributed by atoms with E-state index in [1.165, 1.54) is 0 Å². The zero-order valence-electron chi connectivity index (χ0n) is 13.1. The number of fused-ring (bicyclic) bond motifs is 4. The third-order valence-corrected chi connectivity index (χ3v) is 5.48. The Kier molecular flexibility index (Phi) is 3.74. The molecule has 2 aliphatic heterocycles. The monoisotopic (exact) mass is 507 g/mol. The van der Waals surface area contributed by atoms with Gasteiger partial charge in [-0.15, -0.1) is 4.90 Å². The van der Waals surface area contributed by atoms with Gasteiger partial charge < -0.3 is 0 Å². The first-order valence-corrected chi connectivity index (χ1v) is 7.01. The number of hydrogen-bond donors (Lipinski definition) is 0. The lowest BCUT2D eigenvalue weighted by Crippen LogP contribution is -2.99. The van der Waals surface area contributed by atoms with Crippen molar-refractivity contribution in [3.63, 3.8) is 0 Å². The van der Waals surface area contributed by atoms with Crippen molar-refractivity contribution in [3.8, 4) is 0 Å². The molecular formula is C11F19N. The number of alkyl halides is 19.